The fourth-order valence-corrected chi connectivity index (χ4v) is 4.76. The van der Waals surface area contributed by atoms with Gasteiger partial charge < -0.3 is 24.4 Å². The van der Waals surface area contributed by atoms with E-state index in [4.69, 9.17) is 9.47 Å². The standard InChI is InChI=1S/C24H33F3N2O5/c1-23(2,3)34-22(32)29-12-16(14-33-4)19(13-29)18-6-5-17(24(25,26)27)11-20(18)28-9-7-15(8-10-28)21(30)31/h5-6,11,15-16,19H,7-10,12-14H2,1-4H3,(H,30,31)/t16-,19+/m1/s1. The molecule has 2 atom stereocenters. The predicted octanol–water partition coefficient (Wildman–Crippen LogP) is 4.60. The number of likely N-dealkylation sites (tertiary alicyclic amines) is 1. The van der Waals surface area contributed by atoms with Gasteiger partial charge in [-0.2, -0.15) is 13.2 Å². The number of methoxy groups -OCH3 is 1. The minimum atomic E-state index is -4.50. The molecule has 1 N–H and O–H groups in total. The molecule has 0 radical (unpaired) electrons. The van der Waals surface area contributed by atoms with Crippen molar-refractivity contribution in [2.45, 2.75) is 51.3 Å². The van der Waals surface area contributed by atoms with E-state index in [2.05, 4.69) is 0 Å². The van der Waals surface area contributed by atoms with Crippen molar-refractivity contribution in [1.82, 2.24) is 4.90 Å². The van der Waals surface area contributed by atoms with Gasteiger partial charge >= 0.3 is 18.2 Å². The summed E-state index contributed by atoms with van der Waals surface area (Å²) in [6.07, 6.45) is -4.24. The Balaban J connectivity index is 1.94. The van der Waals surface area contributed by atoms with Crippen LogP contribution < -0.4 is 4.90 Å². The van der Waals surface area contributed by atoms with E-state index in [0.717, 1.165) is 12.1 Å². The molecule has 3 rings (SSSR count). The number of carbonyl (C=O) groups excluding carboxylic acids is 1. The van der Waals surface area contributed by atoms with Gasteiger partial charge in [0.1, 0.15) is 5.60 Å². The van der Waals surface area contributed by atoms with Crippen molar-refractivity contribution in [2.24, 2.45) is 11.8 Å². The summed E-state index contributed by atoms with van der Waals surface area (Å²) in [5.74, 6) is -1.75. The first-order valence-corrected chi connectivity index (χ1v) is 11.5. The first-order valence-electron chi connectivity index (χ1n) is 11.5. The fraction of sp³-hybridized carbons (Fsp3) is 0.667. The van der Waals surface area contributed by atoms with Crippen molar-refractivity contribution in [2.75, 3.05) is 44.8 Å². The lowest BCUT2D eigenvalue weighted by Gasteiger charge is -2.35. The number of hydrogen-bond acceptors (Lipinski definition) is 5. The number of aliphatic carboxylic acids is 1. The zero-order chi connectivity index (χ0) is 25.3. The molecular formula is C24H33F3N2O5. The van der Waals surface area contributed by atoms with Crippen molar-refractivity contribution in [3.63, 3.8) is 0 Å². The van der Waals surface area contributed by atoms with Gasteiger partial charge in [0.15, 0.2) is 0 Å². The topological polar surface area (TPSA) is 79.3 Å². The second-order valence-corrected chi connectivity index (χ2v) is 10.1. The van der Waals surface area contributed by atoms with Crippen molar-refractivity contribution in [3.8, 4) is 0 Å². The highest BCUT2D eigenvalue weighted by molar-refractivity contribution is 5.71. The van der Waals surface area contributed by atoms with E-state index in [1.165, 1.54) is 6.07 Å². The minimum absolute atomic E-state index is 0.121. The summed E-state index contributed by atoms with van der Waals surface area (Å²) in [5.41, 5.74) is -0.275. The fourth-order valence-electron chi connectivity index (χ4n) is 4.76. The van der Waals surface area contributed by atoms with Crippen LogP contribution in [-0.2, 0) is 20.4 Å². The molecule has 2 fully saturated rings. The van der Waals surface area contributed by atoms with Crippen LogP contribution in [0.4, 0.5) is 23.7 Å². The van der Waals surface area contributed by atoms with Gasteiger partial charge in [-0.05, 0) is 51.3 Å². The van der Waals surface area contributed by atoms with Crippen LogP contribution in [0.15, 0.2) is 18.2 Å². The SMILES string of the molecule is COC[C@H]1CN(C(=O)OC(C)(C)C)C[C@@H]1c1ccc(C(F)(F)F)cc1N1CCC(C(=O)O)CC1. The van der Waals surface area contributed by atoms with Crippen LogP contribution in [-0.4, -0.2) is 67.6 Å². The molecule has 1 aromatic rings. The Hall–Kier alpha value is -2.49. The van der Waals surface area contributed by atoms with Crippen molar-refractivity contribution >= 4 is 17.7 Å². The number of rotatable bonds is 5. The van der Waals surface area contributed by atoms with Crippen LogP contribution in [0.1, 0.15) is 50.7 Å². The Kier molecular flexibility index (Phi) is 7.69. The molecule has 0 aromatic heterocycles. The van der Waals surface area contributed by atoms with Crippen LogP contribution in [0.25, 0.3) is 0 Å². The summed E-state index contributed by atoms with van der Waals surface area (Å²) in [4.78, 5) is 27.5. The summed E-state index contributed by atoms with van der Waals surface area (Å²) in [6, 6.07) is 3.71. The predicted molar refractivity (Wildman–Crippen MR) is 120 cm³/mol. The van der Waals surface area contributed by atoms with E-state index >= 15 is 0 Å². The van der Waals surface area contributed by atoms with Gasteiger partial charge in [-0.15, -0.1) is 0 Å². The maximum Gasteiger partial charge on any atom is 0.416 e. The van der Waals surface area contributed by atoms with Gasteiger partial charge in [0, 0.05) is 50.8 Å². The van der Waals surface area contributed by atoms with Gasteiger partial charge in [-0.3, -0.25) is 4.79 Å². The summed E-state index contributed by atoms with van der Waals surface area (Å²) >= 11 is 0. The van der Waals surface area contributed by atoms with Crippen LogP contribution in [0.3, 0.4) is 0 Å². The highest BCUT2D eigenvalue weighted by Crippen LogP contribution is 2.42. The lowest BCUT2D eigenvalue weighted by Crippen LogP contribution is -2.37. The van der Waals surface area contributed by atoms with Crippen LogP contribution in [0.5, 0.6) is 0 Å². The first kappa shape index (κ1) is 26.1. The Morgan fingerprint density at radius 3 is 2.29 bits per heavy atom. The van der Waals surface area contributed by atoms with Gasteiger partial charge in [-0.25, -0.2) is 4.79 Å². The molecule has 0 aliphatic carbocycles. The number of piperidine rings is 1. The monoisotopic (exact) mass is 486 g/mol. The molecule has 7 nitrogen and oxygen atoms in total. The Bertz CT molecular complexity index is 892. The molecular weight excluding hydrogens is 453 g/mol. The number of amides is 1. The number of alkyl halides is 3. The van der Waals surface area contributed by atoms with Crippen LogP contribution in [0, 0.1) is 11.8 Å². The van der Waals surface area contributed by atoms with Gasteiger partial charge in [0.2, 0.25) is 0 Å². The maximum absolute atomic E-state index is 13.5. The molecule has 2 aliphatic rings. The van der Waals surface area contributed by atoms with Crippen molar-refractivity contribution in [1.29, 1.82) is 0 Å². The third-order valence-corrected chi connectivity index (χ3v) is 6.42. The number of nitrogens with zero attached hydrogens (tertiary/aromatic N) is 2. The number of hydrogen-bond donors (Lipinski definition) is 1. The Labute approximate surface area is 197 Å². The minimum Gasteiger partial charge on any atom is -0.481 e. The zero-order valence-electron chi connectivity index (χ0n) is 20.0. The second kappa shape index (κ2) is 10.0. The molecule has 0 spiro atoms. The molecule has 1 amide bonds. The van der Waals surface area contributed by atoms with Crippen LogP contribution >= 0.6 is 0 Å². The molecule has 0 saturated carbocycles. The quantitative estimate of drug-likeness (QED) is 0.655. The van der Waals surface area contributed by atoms with E-state index in [1.54, 1.807) is 32.8 Å². The molecule has 0 bridgehead atoms. The van der Waals surface area contributed by atoms with Gasteiger partial charge in [0.25, 0.3) is 0 Å². The number of carbonyl (C=O) groups is 2. The average molecular weight is 487 g/mol. The number of halogens is 3. The number of benzene rings is 1. The van der Waals surface area contributed by atoms with Crippen LogP contribution in [0.2, 0.25) is 0 Å². The normalized spacial score (nSPS) is 22.2. The van der Waals surface area contributed by atoms with E-state index < -0.39 is 35.3 Å². The molecule has 0 unspecified atom stereocenters. The highest BCUT2D eigenvalue weighted by atomic mass is 19.4. The molecule has 34 heavy (non-hydrogen) atoms. The lowest BCUT2D eigenvalue weighted by atomic mass is 9.86. The smallest absolute Gasteiger partial charge is 0.416 e. The van der Waals surface area contributed by atoms with E-state index in [0.29, 0.717) is 56.9 Å². The highest BCUT2D eigenvalue weighted by Gasteiger charge is 2.41. The zero-order valence-corrected chi connectivity index (χ0v) is 20.0. The number of carboxylic acid groups (broad SMARTS) is 1. The number of carboxylic acids is 1. The van der Waals surface area contributed by atoms with E-state index in [-0.39, 0.29) is 11.8 Å². The summed E-state index contributed by atoms with van der Waals surface area (Å²) < 4.78 is 51.5. The lowest BCUT2D eigenvalue weighted by molar-refractivity contribution is -0.142. The average Bonchev–Trinajstić information content (AvgIpc) is 3.16. The molecule has 190 valence electrons. The third kappa shape index (κ3) is 6.14. The molecule has 2 saturated heterocycles. The van der Waals surface area contributed by atoms with Gasteiger partial charge in [0.05, 0.1) is 18.1 Å². The molecule has 2 aliphatic heterocycles. The van der Waals surface area contributed by atoms with Crippen molar-refractivity contribution < 1.29 is 37.3 Å². The summed E-state index contributed by atoms with van der Waals surface area (Å²) in [5, 5.41) is 9.30. The van der Waals surface area contributed by atoms with E-state index in [1.807, 2.05) is 4.90 Å². The number of anilines is 1. The van der Waals surface area contributed by atoms with Gasteiger partial charge in [-0.1, -0.05) is 6.07 Å². The maximum atomic E-state index is 13.5. The van der Waals surface area contributed by atoms with Crippen molar-refractivity contribution in [3.05, 3.63) is 29.3 Å². The number of ether oxygens (including phenoxy) is 2. The van der Waals surface area contributed by atoms with E-state index in [9.17, 15) is 27.9 Å². The Morgan fingerprint density at radius 2 is 1.76 bits per heavy atom. The third-order valence-electron chi connectivity index (χ3n) is 6.42. The first-order chi connectivity index (χ1) is 15.8. The second-order valence-electron chi connectivity index (χ2n) is 10.1. The summed E-state index contributed by atoms with van der Waals surface area (Å²) in [6.45, 7) is 7.04. The molecule has 1 aromatic carbocycles. The Morgan fingerprint density at radius 1 is 1.12 bits per heavy atom. The molecule has 2 heterocycles. The molecule has 10 heteroatoms. The summed E-state index contributed by atoms with van der Waals surface area (Å²) in [7, 11) is 1.55. The largest absolute Gasteiger partial charge is 0.481 e.